The number of piperidine rings is 1. The summed E-state index contributed by atoms with van der Waals surface area (Å²) < 4.78 is 0. The molecule has 3 heteroatoms. The van der Waals surface area contributed by atoms with Gasteiger partial charge in [-0.05, 0) is 62.2 Å². The van der Waals surface area contributed by atoms with Gasteiger partial charge in [-0.25, -0.2) is 0 Å². The number of amides is 1. The number of fused-ring (bicyclic) bond motifs is 5. The van der Waals surface area contributed by atoms with Gasteiger partial charge in [-0.1, -0.05) is 0 Å². The van der Waals surface area contributed by atoms with Crippen LogP contribution in [0.3, 0.4) is 0 Å². The highest BCUT2D eigenvalue weighted by Gasteiger charge is 2.64. The number of carbonyl (C=O) groups excluding carboxylic acids is 1. The van der Waals surface area contributed by atoms with Crippen LogP contribution in [0.25, 0.3) is 0 Å². The van der Waals surface area contributed by atoms with Crippen LogP contribution in [0.15, 0.2) is 0 Å². The van der Waals surface area contributed by atoms with Crippen LogP contribution in [-0.2, 0) is 4.79 Å². The summed E-state index contributed by atoms with van der Waals surface area (Å²) in [6, 6.07) is 0.699. The van der Waals surface area contributed by atoms with Gasteiger partial charge in [-0.3, -0.25) is 4.79 Å². The standard InChI is InChI=1S/C15H24N2O/c18-12(17-6-2-1-3-7-17)9-16-15-13-10-4-5-11(8-10)14(13)15/h10-11,13-16H,1-9H2. The van der Waals surface area contributed by atoms with Gasteiger partial charge >= 0.3 is 0 Å². The molecule has 0 aromatic carbocycles. The summed E-state index contributed by atoms with van der Waals surface area (Å²) >= 11 is 0. The number of nitrogens with one attached hydrogen (secondary N) is 1. The topological polar surface area (TPSA) is 32.3 Å². The van der Waals surface area contributed by atoms with Crippen LogP contribution in [0.1, 0.15) is 38.5 Å². The third-order valence-electron chi connectivity index (χ3n) is 5.93. The number of rotatable bonds is 3. The SMILES string of the molecule is O=C(CNC1C2C3CCC(C3)C12)N1CCCCC1. The van der Waals surface area contributed by atoms with Crippen molar-refractivity contribution in [3.63, 3.8) is 0 Å². The van der Waals surface area contributed by atoms with E-state index in [1.807, 2.05) is 0 Å². The van der Waals surface area contributed by atoms with Gasteiger partial charge in [0.25, 0.3) is 0 Å². The lowest BCUT2D eigenvalue weighted by molar-refractivity contribution is -0.131. The van der Waals surface area contributed by atoms with Crippen LogP contribution in [0.4, 0.5) is 0 Å². The Morgan fingerprint density at radius 2 is 1.72 bits per heavy atom. The second-order valence-corrected chi connectivity index (χ2v) is 6.84. The summed E-state index contributed by atoms with van der Waals surface area (Å²) in [6.07, 6.45) is 8.12. The summed E-state index contributed by atoms with van der Waals surface area (Å²) in [5, 5.41) is 3.57. The Labute approximate surface area is 109 Å². The molecule has 0 radical (unpaired) electrons. The van der Waals surface area contributed by atoms with E-state index in [4.69, 9.17) is 0 Å². The average molecular weight is 248 g/mol. The first kappa shape index (κ1) is 11.3. The molecule has 4 fully saturated rings. The molecule has 2 bridgehead atoms. The van der Waals surface area contributed by atoms with E-state index >= 15 is 0 Å². The Hall–Kier alpha value is -0.570. The highest BCUT2D eigenvalue weighted by atomic mass is 16.2. The van der Waals surface area contributed by atoms with Crippen molar-refractivity contribution in [2.24, 2.45) is 23.7 Å². The molecule has 0 aromatic rings. The number of carbonyl (C=O) groups is 1. The molecule has 1 N–H and O–H groups in total. The van der Waals surface area contributed by atoms with Crippen LogP contribution in [0.2, 0.25) is 0 Å². The van der Waals surface area contributed by atoms with Gasteiger partial charge in [0.2, 0.25) is 5.91 Å². The number of nitrogens with zero attached hydrogens (tertiary/aromatic N) is 1. The minimum atomic E-state index is 0.340. The fourth-order valence-corrected chi connectivity index (χ4v) is 5.06. The van der Waals surface area contributed by atoms with Crippen molar-refractivity contribution in [1.82, 2.24) is 10.2 Å². The Balaban J connectivity index is 1.26. The van der Waals surface area contributed by atoms with Crippen molar-refractivity contribution in [1.29, 1.82) is 0 Å². The molecule has 1 saturated heterocycles. The van der Waals surface area contributed by atoms with E-state index in [-0.39, 0.29) is 0 Å². The molecule has 1 aliphatic heterocycles. The van der Waals surface area contributed by atoms with E-state index in [2.05, 4.69) is 10.2 Å². The highest BCUT2D eigenvalue weighted by molar-refractivity contribution is 5.78. The molecule has 18 heavy (non-hydrogen) atoms. The molecular formula is C15H24N2O. The molecule has 3 aliphatic carbocycles. The van der Waals surface area contributed by atoms with E-state index in [0.717, 1.165) is 36.8 Å². The number of hydrogen-bond donors (Lipinski definition) is 1. The molecule has 100 valence electrons. The minimum Gasteiger partial charge on any atom is -0.342 e. The van der Waals surface area contributed by atoms with Gasteiger partial charge in [-0.2, -0.15) is 0 Å². The maximum atomic E-state index is 12.1. The van der Waals surface area contributed by atoms with E-state index in [0.29, 0.717) is 18.5 Å². The van der Waals surface area contributed by atoms with Crippen LogP contribution >= 0.6 is 0 Å². The van der Waals surface area contributed by atoms with Gasteiger partial charge in [-0.15, -0.1) is 0 Å². The summed E-state index contributed by atoms with van der Waals surface area (Å²) in [6.45, 7) is 2.57. The second-order valence-electron chi connectivity index (χ2n) is 6.84. The Bertz CT molecular complexity index is 334. The van der Waals surface area contributed by atoms with Gasteiger partial charge in [0, 0.05) is 19.1 Å². The molecule has 3 nitrogen and oxygen atoms in total. The van der Waals surface area contributed by atoms with Crippen molar-refractivity contribution in [2.45, 2.75) is 44.6 Å². The summed E-state index contributed by atoms with van der Waals surface area (Å²) in [5.74, 6) is 4.23. The third-order valence-corrected chi connectivity index (χ3v) is 5.93. The lowest BCUT2D eigenvalue weighted by atomic mass is 10.0. The molecule has 1 heterocycles. The quantitative estimate of drug-likeness (QED) is 0.823. The zero-order chi connectivity index (χ0) is 12.1. The Kier molecular flexibility index (Phi) is 2.65. The average Bonchev–Trinajstić information content (AvgIpc) is 2.81. The highest BCUT2D eigenvalue weighted by Crippen LogP contribution is 2.65. The van der Waals surface area contributed by atoms with Crippen molar-refractivity contribution in [3.05, 3.63) is 0 Å². The van der Waals surface area contributed by atoms with E-state index in [9.17, 15) is 4.79 Å². The van der Waals surface area contributed by atoms with Gasteiger partial charge in [0.15, 0.2) is 0 Å². The van der Waals surface area contributed by atoms with Crippen molar-refractivity contribution in [2.75, 3.05) is 19.6 Å². The second kappa shape index (κ2) is 4.22. The van der Waals surface area contributed by atoms with Gasteiger partial charge < -0.3 is 10.2 Å². The molecule has 4 atom stereocenters. The molecule has 0 spiro atoms. The first-order valence-corrected chi connectivity index (χ1v) is 7.86. The maximum Gasteiger partial charge on any atom is 0.236 e. The van der Waals surface area contributed by atoms with Gasteiger partial charge in [0.1, 0.15) is 0 Å². The minimum absolute atomic E-state index is 0.340. The molecule has 4 rings (SSSR count). The monoisotopic (exact) mass is 248 g/mol. The van der Waals surface area contributed by atoms with Crippen LogP contribution in [-0.4, -0.2) is 36.5 Å². The summed E-state index contributed by atoms with van der Waals surface area (Å²) in [5.41, 5.74) is 0. The number of hydrogen-bond acceptors (Lipinski definition) is 2. The Morgan fingerprint density at radius 1 is 1.06 bits per heavy atom. The normalized spacial score (nSPS) is 45.1. The fraction of sp³-hybridized carbons (Fsp3) is 0.933. The summed E-state index contributed by atoms with van der Waals surface area (Å²) in [7, 11) is 0. The molecule has 1 amide bonds. The Morgan fingerprint density at radius 3 is 2.39 bits per heavy atom. The smallest absolute Gasteiger partial charge is 0.236 e. The fourth-order valence-electron chi connectivity index (χ4n) is 5.06. The molecule has 4 aliphatic rings. The lowest BCUT2D eigenvalue weighted by Crippen LogP contribution is -2.42. The molecular weight excluding hydrogens is 224 g/mol. The van der Waals surface area contributed by atoms with Crippen LogP contribution in [0, 0.1) is 23.7 Å². The van der Waals surface area contributed by atoms with E-state index in [1.165, 1.54) is 38.5 Å². The lowest BCUT2D eigenvalue weighted by Gasteiger charge is -2.27. The predicted molar refractivity (Wildman–Crippen MR) is 70.0 cm³/mol. The third kappa shape index (κ3) is 1.70. The van der Waals surface area contributed by atoms with Crippen LogP contribution in [0.5, 0.6) is 0 Å². The maximum absolute atomic E-state index is 12.1. The van der Waals surface area contributed by atoms with Crippen molar-refractivity contribution in [3.8, 4) is 0 Å². The molecule has 3 saturated carbocycles. The van der Waals surface area contributed by atoms with E-state index < -0.39 is 0 Å². The zero-order valence-electron chi connectivity index (χ0n) is 11.1. The zero-order valence-corrected chi connectivity index (χ0v) is 11.1. The number of likely N-dealkylation sites (tertiary alicyclic amines) is 1. The predicted octanol–water partition coefficient (Wildman–Crippen LogP) is 1.63. The van der Waals surface area contributed by atoms with E-state index in [1.54, 1.807) is 0 Å². The summed E-state index contributed by atoms with van der Waals surface area (Å²) in [4.78, 5) is 14.2. The van der Waals surface area contributed by atoms with Crippen molar-refractivity contribution >= 4 is 5.91 Å². The van der Waals surface area contributed by atoms with Gasteiger partial charge in [0.05, 0.1) is 6.54 Å². The largest absolute Gasteiger partial charge is 0.342 e. The first-order chi connectivity index (χ1) is 8.84. The van der Waals surface area contributed by atoms with Crippen molar-refractivity contribution < 1.29 is 4.79 Å². The molecule has 4 unspecified atom stereocenters. The van der Waals surface area contributed by atoms with Crippen LogP contribution < -0.4 is 5.32 Å². The molecule has 0 aromatic heterocycles. The first-order valence-electron chi connectivity index (χ1n) is 7.86.